The predicted octanol–water partition coefficient (Wildman–Crippen LogP) is 3.11. The normalized spacial score (nSPS) is 11.2. The van der Waals surface area contributed by atoms with E-state index in [4.69, 9.17) is 19.5 Å². The smallest absolute Gasteiger partial charge is 0.383 e. The molecule has 0 unspecified atom stereocenters. The van der Waals surface area contributed by atoms with Gasteiger partial charge in [0.15, 0.2) is 0 Å². The Bertz CT molecular complexity index is 1420. The molecule has 0 aliphatic heterocycles. The van der Waals surface area contributed by atoms with Crippen LogP contribution < -0.4 is 15.5 Å². The van der Waals surface area contributed by atoms with Crippen molar-refractivity contribution in [3.63, 3.8) is 0 Å². The number of rotatable bonds is 14. The maximum atomic E-state index is 13.2. The number of hydrogen-bond acceptors (Lipinski definition) is 13. The van der Waals surface area contributed by atoms with Gasteiger partial charge >= 0.3 is 12.1 Å². The second kappa shape index (κ2) is 16.3. The summed E-state index contributed by atoms with van der Waals surface area (Å²) < 4.78 is 5.18. The third kappa shape index (κ3) is 9.87. The summed E-state index contributed by atoms with van der Waals surface area (Å²) in [6, 6.07) is 16.0. The Morgan fingerprint density at radius 3 is 2.05 bits per heavy atom. The van der Waals surface area contributed by atoms with Crippen LogP contribution in [-0.4, -0.2) is 82.3 Å². The monoisotopic (exact) mass is 601 g/mol. The summed E-state index contributed by atoms with van der Waals surface area (Å²) in [5.74, 6) is -0.125. The first-order valence-electron chi connectivity index (χ1n) is 13.8. The molecule has 14 nitrogen and oxygen atoms in total. The van der Waals surface area contributed by atoms with Crippen LogP contribution in [0.25, 0.3) is 0 Å². The highest BCUT2D eigenvalue weighted by atomic mass is 17.2. The summed E-state index contributed by atoms with van der Waals surface area (Å²) >= 11 is 0. The first-order valence-corrected chi connectivity index (χ1v) is 13.8. The fourth-order valence-electron chi connectivity index (χ4n) is 3.94. The second-order valence-electron chi connectivity index (χ2n) is 9.81. The van der Waals surface area contributed by atoms with Crippen LogP contribution in [0, 0.1) is 0 Å². The molecule has 0 bridgehead atoms. The van der Waals surface area contributed by atoms with Gasteiger partial charge in [-0.05, 0) is 28.8 Å². The second-order valence-corrected chi connectivity index (χ2v) is 9.81. The molecular formula is C30H35N9O5. The zero-order chi connectivity index (χ0) is 31.1. The minimum absolute atomic E-state index is 0.106. The standard InChI is InChI=1S/C30H35N9O5/c1-38(2)30(41)44-43-26(40)25(17-22-9-5-4-6-10-22)34-28-35-27(33-15-16-42-3)36-29(37-28)39(20-23-11-7-13-31-18-23)21-24-12-8-14-32-19-24/h4-14,18-19,25H,15-17,20-21H2,1-3H3,(H2,33,34,35,36,37)/t25-/m0/s1. The molecule has 2 N–H and O–H groups in total. The van der Waals surface area contributed by atoms with Crippen LogP contribution in [0.15, 0.2) is 79.4 Å². The van der Waals surface area contributed by atoms with Gasteiger partial charge < -0.3 is 25.2 Å². The van der Waals surface area contributed by atoms with Crippen LogP contribution in [0.3, 0.4) is 0 Å². The summed E-state index contributed by atoms with van der Waals surface area (Å²) in [7, 11) is 4.55. The molecule has 0 saturated heterocycles. The molecule has 1 amide bonds. The zero-order valence-electron chi connectivity index (χ0n) is 24.8. The summed E-state index contributed by atoms with van der Waals surface area (Å²) in [4.78, 5) is 60.1. The van der Waals surface area contributed by atoms with Crippen LogP contribution in [0.5, 0.6) is 0 Å². The van der Waals surface area contributed by atoms with E-state index in [-0.39, 0.29) is 18.3 Å². The lowest BCUT2D eigenvalue weighted by Gasteiger charge is -2.24. The predicted molar refractivity (Wildman–Crippen MR) is 162 cm³/mol. The summed E-state index contributed by atoms with van der Waals surface area (Å²) in [5.41, 5.74) is 2.71. The molecule has 3 aromatic heterocycles. The summed E-state index contributed by atoms with van der Waals surface area (Å²) in [6.07, 6.45) is 6.33. The number of aromatic nitrogens is 5. The van der Waals surface area contributed by atoms with Crippen molar-refractivity contribution in [1.29, 1.82) is 0 Å². The van der Waals surface area contributed by atoms with Gasteiger partial charge in [0, 0.05) is 72.0 Å². The third-order valence-corrected chi connectivity index (χ3v) is 6.12. The molecule has 0 spiro atoms. The number of nitrogens with one attached hydrogen (secondary N) is 2. The van der Waals surface area contributed by atoms with Crippen molar-refractivity contribution in [2.45, 2.75) is 25.6 Å². The van der Waals surface area contributed by atoms with Gasteiger partial charge in [-0.25, -0.2) is 19.4 Å². The Labute approximate surface area is 255 Å². The maximum Gasteiger partial charge on any atom is 0.452 e. The van der Waals surface area contributed by atoms with Gasteiger partial charge in [0.25, 0.3) is 0 Å². The number of pyridine rings is 2. The lowest BCUT2D eigenvalue weighted by molar-refractivity contribution is -0.236. The molecule has 0 aliphatic rings. The van der Waals surface area contributed by atoms with Gasteiger partial charge in [0.2, 0.25) is 17.8 Å². The van der Waals surface area contributed by atoms with Crippen LogP contribution >= 0.6 is 0 Å². The third-order valence-electron chi connectivity index (χ3n) is 6.12. The molecule has 1 aromatic carbocycles. The van der Waals surface area contributed by atoms with Crippen LogP contribution in [0.1, 0.15) is 16.7 Å². The molecule has 14 heteroatoms. The van der Waals surface area contributed by atoms with Gasteiger partial charge in [-0.2, -0.15) is 15.0 Å². The van der Waals surface area contributed by atoms with Crippen molar-refractivity contribution < 1.29 is 24.1 Å². The van der Waals surface area contributed by atoms with Crippen molar-refractivity contribution >= 4 is 29.9 Å². The van der Waals surface area contributed by atoms with Crippen molar-refractivity contribution in [3.8, 4) is 0 Å². The van der Waals surface area contributed by atoms with E-state index in [1.54, 1.807) is 31.9 Å². The topological polar surface area (TPSA) is 157 Å². The molecule has 44 heavy (non-hydrogen) atoms. The molecule has 0 radical (unpaired) electrons. The Balaban J connectivity index is 1.68. The number of ether oxygens (including phenoxy) is 1. The van der Waals surface area contributed by atoms with Crippen molar-refractivity contribution in [2.75, 3.05) is 49.9 Å². The van der Waals surface area contributed by atoms with Gasteiger partial charge in [-0.15, -0.1) is 0 Å². The van der Waals surface area contributed by atoms with E-state index in [0.29, 0.717) is 32.2 Å². The van der Waals surface area contributed by atoms with Gasteiger partial charge in [-0.1, -0.05) is 42.5 Å². The SMILES string of the molecule is COCCNc1nc(N[C@@H](Cc2ccccc2)C(=O)OOC(=O)N(C)C)nc(N(Cc2cccnc2)Cc2cccnc2)n1. The molecule has 230 valence electrons. The highest BCUT2D eigenvalue weighted by molar-refractivity contribution is 5.79. The first-order chi connectivity index (χ1) is 21.4. The number of hydrogen-bond donors (Lipinski definition) is 2. The van der Waals surface area contributed by atoms with Crippen molar-refractivity contribution in [2.24, 2.45) is 0 Å². The Morgan fingerprint density at radius 2 is 1.45 bits per heavy atom. The molecule has 4 aromatic rings. The molecule has 0 aliphatic carbocycles. The highest BCUT2D eigenvalue weighted by Gasteiger charge is 2.26. The summed E-state index contributed by atoms with van der Waals surface area (Å²) in [5, 5.41) is 6.21. The number of carbonyl (C=O) groups excluding carboxylic acids is 2. The average Bonchev–Trinajstić information content (AvgIpc) is 3.04. The number of benzene rings is 1. The van der Waals surface area contributed by atoms with Crippen molar-refractivity contribution in [3.05, 3.63) is 96.1 Å². The van der Waals surface area contributed by atoms with E-state index in [1.807, 2.05) is 59.5 Å². The highest BCUT2D eigenvalue weighted by Crippen LogP contribution is 2.20. The van der Waals surface area contributed by atoms with Crippen LogP contribution in [0.4, 0.5) is 22.6 Å². The van der Waals surface area contributed by atoms with Gasteiger partial charge in [0.1, 0.15) is 6.04 Å². The first kappa shape index (κ1) is 31.6. The minimum atomic E-state index is -1.01. The number of anilines is 3. The molecule has 4 rings (SSSR count). The van der Waals surface area contributed by atoms with E-state index in [2.05, 4.69) is 30.6 Å². The number of nitrogens with zero attached hydrogens (tertiary/aromatic N) is 7. The fraction of sp³-hybridized carbons (Fsp3) is 0.300. The lowest BCUT2D eigenvalue weighted by atomic mass is 10.1. The maximum absolute atomic E-state index is 13.2. The minimum Gasteiger partial charge on any atom is -0.383 e. The van der Waals surface area contributed by atoms with Crippen LogP contribution in [-0.2, 0) is 38.8 Å². The number of carbonyl (C=O) groups is 2. The summed E-state index contributed by atoms with van der Waals surface area (Å²) in [6.45, 7) is 1.71. The Kier molecular flexibility index (Phi) is 11.7. The van der Waals surface area contributed by atoms with E-state index >= 15 is 0 Å². The van der Waals surface area contributed by atoms with E-state index in [1.165, 1.54) is 14.1 Å². The van der Waals surface area contributed by atoms with Crippen molar-refractivity contribution in [1.82, 2.24) is 29.8 Å². The molecule has 1 atom stereocenters. The number of amides is 1. The zero-order valence-corrected chi connectivity index (χ0v) is 24.8. The lowest BCUT2D eigenvalue weighted by Crippen LogP contribution is -2.36. The molecule has 0 saturated carbocycles. The van der Waals surface area contributed by atoms with E-state index in [0.717, 1.165) is 21.6 Å². The molecule has 0 fully saturated rings. The average molecular weight is 602 g/mol. The van der Waals surface area contributed by atoms with Crippen LogP contribution in [0.2, 0.25) is 0 Å². The number of methoxy groups -OCH3 is 1. The Morgan fingerprint density at radius 1 is 0.818 bits per heavy atom. The van der Waals surface area contributed by atoms with E-state index in [9.17, 15) is 9.59 Å². The quantitative estimate of drug-likeness (QED) is 0.124. The van der Waals surface area contributed by atoms with Gasteiger partial charge in [-0.3, -0.25) is 9.97 Å². The van der Waals surface area contributed by atoms with Gasteiger partial charge in [0.05, 0.1) is 6.61 Å². The fourth-order valence-corrected chi connectivity index (χ4v) is 3.94. The molecular weight excluding hydrogens is 566 g/mol. The molecule has 3 heterocycles. The Hall–Kier alpha value is -5.37. The largest absolute Gasteiger partial charge is 0.452 e. The van der Waals surface area contributed by atoms with E-state index < -0.39 is 18.1 Å².